The van der Waals surface area contributed by atoms with Crippen LogP contribution in [-0.4, -0.2) is 16.1 Å². The molecular weight excluding hydrogens is 252 g/mol. The number of aromatic amines is 1. The van der Waals surface area contributed by atoms with E-state index < -0.39 is 0 Å². The second-order valence-electron chi connectivity index (χ2n) is 4.99. The highest BCUT2D eigenvalue weighted by atomic mass is 16.2. The highest BCUT2D eigenvalue weighted by molar-refractivity contribution is 6.06. The first-order valence-corrected chi connectivity index (χ1v) is 6.74. The van der Waals surface area contributed by atoms with E-state index in [2.05, 4.69) is 22.4 Å². The van der Waals surface area contributed by atoms with Crippen LogP contribution in [0.5, 0.6) is 0 Å². The molecular formula is C15H20N4O. The summed E-state index contributed by atoms with van der Waals surface area (Å²) in [5.74, 6) is -0.284. The van der Waals surface area contributed by atoms with Gasteiger partial charge >= 0.3 is 0 Å². The minimum Gasteiger partial charge on any atom is -0.395 e. The zero-order valence-electron chi connectivity index (χ0n) is 12.1. The number of carbonyl (C=O) groups excluding carboxylic acids is 1. The standard InChI is InChI=1S/C15H20N4O/c1-4-5-12-13(16)14(19-18-12)15(20)17-11-7-6-9(2)8-10(11)3/h6-8H,4-5,16H2,1-3H3,(H,17,20)(H,18,19). The van der Waals surface area contributed by atoms with E-state index in [1.807, 2.05) is 32.0 Å². The summed E-state index contributed by atoms with van der Waals surface area (Å²) in [6.45, 7) is 6.02. The van der Waals surface area contributed by atoms with Crippen molar-refractivity contribution in [2.75, 3.05) is 11.1 Å². The van der Waals surface area contributed by atoms with Crippen LogP contribution < -0.4 is 11.1 Å². The summed E-state index contributed by atoms with van der Waals surface area (Å²) in [7, 11) is 0. The third-order valence-electron chi connectivity index (χ3n) is 3.23. The summed E-state index contributed by atoms with van der Waals surface area (Å²) < 4.78 is 0. The molecule has 1 aromatic carbocycles. The van der Waals surface area contributed by atoms with Crippen molar-refractivity contribution in [3.63, 3.8) is 0 Å². The van der Waals surface area contributed by atoms with Gasteiger partial charge in [-0.1, -0.05) is 31.0 Å². The number of anilines is 2. The molecule has 0 radical (unpaired) electrons. The number of nitrogen functional groups attached to an aromatic ring is 1. The number of aromatic nitrogens is 2. The fraction of sp³-hybridized carbons (Fsp3) is 0.333. The van der Waals surface area contributed by atoms with E-state index in [1.165, 1.54) is 0 Å². The number of nitrogens with one attached hydrogen (secondary N) is 2. The number of hydrogen-bond donors (Lipinski definition) is 3. The monoisotopic (exact) mass is 272 g/mol. The van der Waals surface area contributed by atoms with Crippen LogP contribution in [0.2, 0.25) is 0 Å². The molecule has 0 aliphatic rings. The Labute approximate surface area is 118 Å². The number of carbonyl (C=O) groups is 1. The van der Waals surface area contributed by atoms with Crippen LogP contribution in [0.4, 0.5) is 11.4 Å². The highest BCUT2D eigenvalue weighted by Gasteiger charge is 2.17. The number of rotatable bonds is 4. The topological polar surface area (TPSA) is 83.8 Å². The second-order valence-corrected chi connectivity index (χ2v) is 4.99. The molecule has 5 heteroatoms. The minimum atomic E-state index is -0.284. The number of aryl methyl sites for hydroxylation is 3. The predicted octanol–water partition coefficient (Wildman–Crippen LogP) is 2.81. The molecule has 0 saturated carbocycles. The first kappa shape index (κ1) is 14.1. The number of amides is 1. The van der Waals surface area contributed by atoms with Gasteiger partial charge < -0.3 is 11.1 Å². The molecule has 0 fully saturated rings. The fourth-order valence-electron chi connectivity index (χ4n) is 2.14. The Morgan fingerprint density at radius 2 is 2.15 bits per heavy atom. The third-order valence-corrected chi connectivity index (χ3v) is 3.23. The average Bonchev–Trinajstić information content (AvgIpc) is 2.75. The summed E-state index contributed by atoms with van der Waals surface area (Å²) in [5, 5.41) is 9.69. The highest BCUT2D eigenvalue weighted by Crippen LogP contribution is 2.20. The summed E-state index contributed by atoms with van der Waals surface area (Å²) in [6.07, 6.45) is 1.74. The van der Waals surface area contributed by atoms with Gasteiger partial charge in [0, 0.05) is 5.69 Å². The Morgan fingerprint density at radius 3 is 2.80 bits per heavy atom. The molecule has 0 aliphatic heterocycles. The van der Waals surface area contributed by atoms with Crippen LogP contribution in [0.15, 0.2) is 18.2 Å². The van der Waals surface area contributed by atoms with Crippen molar-refractivity contribution in [3.05, 3.63) is 40.7 Å². The van der Waals surface area contributed by atoms with E-state index >= 15 is 0 Å². The maximum atomic E-state index is 12.2. The molecule has 1 amide bonds. The number of benzene rings is 1. The molecule has 0 spiro atoms. The smallest absolute Gasteiger partial charge is 0.278 e. The minimum absolute atomic E-state index is 0.258. The summed E-state index contributed by atoms with van der Waals surface area (Å²) >= 11 is 0. The van der Waals surface area contributed by atoms with Crippen LogP contribution in [0.25, 0.3) is 0 Å². The van der Waals surface area contributed by atoms with E-state index in [-0.39, 0.29) is 11.6 Å². The zero-order valence-corrected chi connectivity index (χ0v) is 12.1. The van der Waals surface area contributed by atoms with Gasteiger partial charge in [0.15, 0.2) is 5.69 Å². The normalized spacial score (nSPS) is 10.6. The maximum Gasteiger partial charge on any atom is 0.278 e. The summed E-state index contributed by atoms with van der Waals surface area (Å²) in [5.41, 5.74) is 10.4. The van der Waals surface area contributed by atoms with Gasteiger partial charge in [-0.05, 0) is 31.9 Å². The Hall–Kier alpha value is -2.30. The summed E-state index contributed by atoms with van der Waals surface area (Å²) in [6, 6.07) is 5.86. The lowest BCUT2D eigenvalue weighted by Crippen LogP contribution is -2.15. The molecule has 106 valence electrons. The Morgan fingerprint density at radius 1 is 1.40 bits per heavy atom. The average molecular weight is 272 g/mol. The van der Waals surface area contributed by atoms with Crippen molar-refractivity contribution in [1.29, 1.82) is 0 Å². The summed E-state index contributed by atoms with van der Waals surface area (Å²) in [4.78, 5) is 12.2. The molecule has 0 aliphatic carbocycles. The zero-order chi connectivity index (χ0) is 14.7. The second kappa shape index (κ2) is 5.77. The predicted molar refractivity (Wildman–Crippen MR) is 80.9 cm³/mol. The molecule has 0 unspecified atom stereocenters. The lowest BCUT2D eigenvalue weighted by atomic mass is 10.1. The maximum absolute atomic E-state index is 12.2. The molecule has 2 rings (SSSR count). The fourth-order valence-corrected chi connectivity index (χ4v) is 2.14. The quantitative estimate of drug-likeness (QED) is 0.800. The van der Waals surface area contributed by atoms with Gasteiger partial charge in [-0.25, -0.2) is 0 Å². The van der Waals surface area contributed by atoms with E-state index in [0.29, 0.717) is 5.69 Å². The van der Waals surface area contributed by atoms with Crippen molar-refractivity contribution in [1.82, 2.24) is 10.2 Å². The SMILES string of the molecule is CCCc1[nH]nc(C(=O)Nc2ccc(C)cc2C)c1N. The van der Waals surface area contributed by atoms with Crippen LogP contribution in [0.1, 0.15) is 40.7 Å². The van der Waals surface area contributed by atoms with E-state index in [4.69, 9.17) is 5.73 Å². The lowest BCUT2D eigenvalue weighted by molar-refractivity contribution is 0.102. The largest absolute Gasteiger partial charge is 0.395 e. The molecule has 0 atom stereocenters. The van der Waals surface area contributed by atoms with Gasteiger partial charge in [0.25, 0.3) is 5.91 Å². The van der Waals surface area contributed by atoms with E-state index in [0.717, 1.165) is 35.3 Å². The third kappa shape index (κ3) is 2.82. The molecule has 5 nitrogen and oxygen atoms in total. The molecule has 4 N–H and O–H groups in total. The Bertz CT molecular complexity index is 631. The van der Waals surface area contributed by atoms with Gasteiger partial charge in [0.2, 0.25) is 0 Å². The molecule has 2 aromatic rings. The van der Waals surface area contributed by atoms with Crippen LogP contribution in [0, 0.1) is 13.8 Å². The number of H-pyrrole nitrogens is 1. The van der Waals surface area contributed by atoms with Crippen molar-refractivity contribution >= 4 is 17.3 Å². The van der Waals surface area contributed by atoms with Crippen LogP contribution >= 0.6 is 0 Å². The van der Waals surface area contributed by atoms with Gasteiger partial charge in [-0.15, -0.1) is 0 Å². The number of nitrogens with two attached hydrogens (primary N) is 1. The molecule has 1 aromatic heterocycles. The Balaban J connectivity index is 2.20. The van der Waals surface area contributed by atoms with Crippen molar-refractivity contribution in [3.8, 4) is 0 Å². The van der Waals surface area contributed by atoms with E-state index in [9.17, 15) is 4.79 Å². The van der Waals surface area contributed by atoms with Gasteiger partial charge in [0.05, 0.1) is 11.4 Å². The lowest BCUT2D eigenvalue weighted by Gasteiger charge is -2.08. The number of nitrogens with zero attached hydrogens (tertiary/aromatic N) is 1. The first-order valence-electron chi connectivity index (χ1n) is 6.74. The van der Waals surface area contributed by atoms with Crippen molar-refractivity contribution in [2.45, 2.75) is 33.6 Å². The molecule has 20 heavy (non-hydrogen) atoms. The van der Waals surface area contributed by atoms with Crippen LogP contribution in [0.3, 0.4) is 0 Å². The van der Waals surface area contributed by atoms with Crippen molar-refractivity contribution in [2.24, 2.45) is 0 Å². The Kier molecular flexibility index (Phi) is 4.08. The molecule has 0 saturated heterocycles. The van der Waals surface area contributed by atoms with Crippen LogP contribution in [-0.2, 0) is 6.42 Å². The van der Waals surface area contributed by atoms with Gasteiger partial charge in [0.1, 0.15) is 0 Å². The van der Waals surface area contributed by atoms with E-state index in [1.54, 1.807) is 0 Å². The molecule has 1 heterocycles. The number of hydrogen-bond acceptors (Lipinski definition) is 3. The van der Waals surface area contributed by atoms with Gasteiger partial charge in [-0.3, -0.25) is 9.89 Å². The van der Waals surface area contributed by atoms with Gasteiger partial charge in [-0.2, -0.15) is 5.10 Å². The molecule has 0 bridgehead atoms. The van der Waals surface area contributed by atoms with Crippen molar-refractivity contribution < 1.29 is 4.79 Å². The first-order chi connectivity index (χ1) is 9.52.